The molecule has 0 aliphatic carbocycles. The van der Waals surface area contributed by atoms with Gasteiger partial charge in [0, 0.05) is 7.11 Å². The molecule has 0 fully saturated rings. The fraction of sp³-hybridized carbons (Fsp3) is 0.846. The molecule has 15 heavy (non-hydrogen) atoms. The maximum atomic E-state index is 13.7. The van der Waals surface area contributed by atoms with Crippen LogP contribution >= 0.6 is 0 Å². The second-order valence-electron chi connectivity index (χ2n) is 4.63. The zero-order chi connectivity index (χ0) is 11.9. The number of hydrogen-bond acceptors (Lipinski definition) is 1. The molecule has 0 aliphatic rings. The molecule has 0 saturated heterocycles. The molecule has 0 rings (SSSR count). The van der Waals surface area contributed by atoms with Gasteiger partial charge in [0.25, 0.3) is 0 Å². The highest BCUT2D eigenvalue weighted by molar-refractivity contribution is 4.86. The molecule has 1 nitrogen and oxygen atoms in total. The van der Waals surface area contributed by atoms with Gasteiger partial charge in [0.15, 0.2) is 0 Å². The number of halogens is 1. The second kappa shape index (κ2) is 7.00. The fourth-order valence-electron chi connectivity index (χ4n) is 1.98. The first-order valence-electron chi connectivity index (χ1n) is 5.75. The Labute approximate surface area is 93.7 Å². The lowest BCUT2D eigenvalue weighted by molar-refractivity contribution is 0.0102. The highest BCUT2D eigenvalue weighted by Gasteiger charge is 2.35. The molecule has 0 spiro atoms. The topological polar surface area (TPSA) is 9.23 Å². The lowest BCUT2D eigenvalue weighted by Gasteiger charge is -2.36. The summed E-state index contributed by atoms with van der Waals surface area (Å²) in [5.74, 6) is 0.0300. The Morgan fingerprint density at radius 1 is 1.53 bits per heavy atom. The van der Waals surface area contributed by atoms with Crippen molar-refractivity contribution in [3.8, 4) is 0 Å². The number of methoxy groups -OCH3 is 1. The average molecular weight is 216 g/mol. The minimum atomic E-state index is -0.741. The van der Waals surface area contributed by atoms with Crippen LogP contribution in [0, 0.1) is 11.3 Å². The molecule has 0 radical (unpaired) electrons. The minimum absolute atomic E-state index is 0.0300. The van der Waals surface area contributed by atoms with Crippen molar-refractivity contribution < 1.29 is 9.13 Å². The van der Waals surface area contributed by atoms with Crippen molar-refractivity contribution >= 4 is 0 Å². The summed E-state index contributed by atoms with van der Waals surface area (Å²) in [6.45, 7) is 10.3. The van der Waals surface area contributed by atoms with Crippen LogP contribution in [0.5, 0.6) is 0 Å². The van der Waals surface area contributed by atoms with Crippen molar-refractivity contribution in [2.75, 3.05) is 13.7 Å². The van der Waals surface area contributed by atoms with Gasteiger partial charge in [-0.25, -0.2) is 4.39 Å². The van der Waals surface area contributed by atoms with Gasteiger partial charge < -0.3 is 4.74 Å². The smallest absolute Gasteiger partial charge is 0.103 e. The van der Waals surface area contributed by atoms with E-state index >= 15 is 0 Å². The van der Waals surface area contributed by atoms with E-state index in [1.807, 2.05) is 19.9 Å². The van der Waals surface area contributed by atoms with Crippen LogP contribution in [0.3, 0.4) is 0 Å². The summed E-state index contributed by atoms with van der Waals surface area (Å²) in [5, 5.41) is 0. The van der Waals surface area contributed by atoms with E-state index in [0.29, 0.717) is 13.0 Å². The molecule has 0 aromatic heterocycles. The summed E-state index contributed by atoms with van der Waals surface area (Å²) in [6, 6.07) is 0. The van der Waals surface area contributed by atoms with Crippen molar-refractivity contribution in [3.05, 3.63) is 12.7 Å². The van der Waals surface area contributed by atoms with Crippen LogP contribution in [-0.4, -0.2) is 19.9 Å². The third kappa shape index (κ3) is 4.33. The number of allylic oxidation sites excluding steroid dienone is 1. The van der Waals surface area contributed by atoms with Gasteiger partial charge in [-0.1, -0.05) is 26.8 Å². The molecule has 0 aliphatic heterocycles. The molecule has 0 aromatic rings. The largest absolute Gasteiger partial charge is 0.384 e. The molecule has 2 heteroatoms. The third-order valence-electron chi connectivity index (χ3n) is 3.43. The first-order valence-corrected chi connectivity index (χ1v) is 5.75. The van der Waals surface area contributed by atoms with Crippen molar-refractivity contribution in [1.82, 2.24) is 0 Å². The molecule has 0 bridgehead atoms. The van der Waals surface area contributed by atoms with Gasteiger partial charge in [-0.3, -0.25) is 0 Å². The van der Waals surface area contributed by atoms with Crippen molar-refractivity contribution in [2.24, 2.45) is 11.3 Å². The zero-order valence-electron chi connectivity index (χ0n) is 10.6. The van der Waals surface area contributed by atoms with E-state index in [1.165, 1.54) is 0 Å². The molecule has 0 N–H and O–H groups in total. The molecule has 0 unspecified atom stereocenters. The van der Waals surface area contributed by atoms with E-state index in [4.69, 9.17) is 4.74 Å². The van der Waals surface area contributed by atoms with Crippen LogP contribution in [0.4, 0.5) is 4.39 Å². The number of rotatable bonds is 8. The first kappa shape index (κ1) is 14.6. The highest BCUT2D eigenvalue weighted by Crippen LogP contribution is 2.37. The van der Waals surface area contributed by atoms with Crippen LogP contribution in [0.2, 0.25) is 0 Å². The normalized spacial score (nSPS) is 19.3. The maximum absolute atomic E-state index is 13.7. The van der Waals surface area contributed by atoms with Gasteiger partial charge in [-0.15, -0.1) is 6.58 Å². The van der Waals surface area contributed by atoms with E-state index in [9.17, 15) is 4.39 Å². The predicted molar refractivity (Wildman–Crippen MR) is 63.8 cm³/mol. The molecular formula is C13H25FO. The van der Waals surface area contributed by atoms with E-state index in [1.54, 1.807) is 7.11 Å². The summed E-state index contributed by atoms with van der Waals surface area (Å²) < 4.78 is 18.9. The Morgan fingerprint density at radius 2 is 2.13 bits per heavy atom. The summed E-state index contributed by atoms with van der Waals surface area (Å²) in [5.41, 5.74) is -0.0850. The predicted octanol–water partition coefficient (Wildman–Crippen LogP) is 3.99. The van der Waals surface area contributed by atoms with Crippen LogP contribution < -0.4 is 0 Å². The fourth-order valence-corrected chi connectivity index (χ4v) is 1.98. The van der Waals surface area contributed by atoms with E-state index in [2.05, 4.69) is 13.5 Å². The Balaban J connectivity index is 4.51. The van der Waals surface area contributed by atoms with Crippen molar-refractivity contribution in [1.29, 1.82) is 0 Å². The zero-order valence-corrected chi connectivity index (χ0v) is 10.6. The monoisotopic (exact) mass is 216 g/mol. The number of hydrogen-bond donors (Lipinski definition) is 0. The SMILES string of the molecule is C=CCC[C@@](C)(COC)[C@@H](C)[C@@H](F)CC. The van der Waals surface area contributed by atoms with E-state index < -0.39 is 6.17 Å². The van der Waals surface area contributed by atoms with Gasteiger partial charge >= 0.3 is 0 Å². The number of ether oxygens (including phenoxy) is 1. The van der Waals surface area contributed by atoms with Gasteiger partial charge in [-0.2, -0.15) is 0 Å². The Kier molecular flexibility index (Phi) is 6.82. The summed E-state index contributed by atoms with van der Waals surface area (Å²) >= 11 is 0. The van der Waals surface area contributed by atoms with Crippen LogP contribution in [-0.2, 0) is 4.74 Å². The van der Waals surface area contributed by atoms with Gasteiger partial charge in [0.1, 0.15) is 6.17 Å². The van der Waals surface area contributed by atoms with Crippen molar-refractivity contribution in [2.45, 2.75) is 46.2 Å². The van der Waals surface area contributed by atoms with Gasteiger partial charge in [-0.05, 0) is 30.6 Å². The molecular weight excluding hydrogens is 191 g/mol. The molecule has 0 amide bonds. The molecule has 0 saturated carbocycles. The lowest BCUT2D eigenvalue weighted by Crippen LogP contribution is -2.35. The van der Waals surface area contributed by atoms with Crippen LogP contribution in [0.1, 0.15) is 40.0 Å². The Morgan fingerprint density at radius 3 is 2.53 bits per heavy atom. The van der Waals surface area contributed by atoms with Crippen LogP contribution in [0.15, 0.2) is 12.7 Å². The minimum Gasteiger partial charge on any atom is -0.384 e. The standard InChI is InChI=1S/C13H25FO/c1-6-8-9-13(4,10-15-5)11(3)12(14)7-2/h6,11-12H,1,7-10H2,2-5H3/t11-,12-,13-/m0/s1. The quantitative estimate of drug-likeness (QED) is 0.557. The summed E-state index contributed by atoms with van der Waals surface area (Å²) in [4.78, 5) is 0. The molecule has 0 aromatic carbocycles. The molecule has 3 atom stereocenters. The average Bonchev–Trinajstić information content (AvgIpc) is 2.24. The van der Waals surface area contributed by atoms with E-state index in [-0.39, 0.29) is 11.3 Å². The Bertz CT molecular complexity index is 181. The number of alkyl halides is 1. The Hall–Kier alpha value is -0.370. The van der Waals surface area contributed by atoms with Crippen molar-refractivity contribution in [3.63, 3.8) is 0 Å². The lowest BCUT2D eigenvalue weighted by atomic mass is 9.72. The summed E-state index contributed by atoms with van der Waals surface area (Å²) in [7, 11) is 1.68. The third-order valence-corrected chi connectivity index (χ3v) is 3.43. The second-order valence-corrected chi connectivity index (χ2v) is 4.63. The highest BCUT2D eigenvalue weighted by atomic mass is 19.1. The van der Waals surface area contributed by atoms with Gasteiger partial charge in [0.05, 0.1) is 6.61 Å². The maximum Gasteiger partial charge on any atom is 0.103 e. The molecule has 90 valence electrons. The first-order chi connectivity index (χ1) is 7.01. The summed E-state index contributed by atoms with van der Waals surface area (Å²) in [6.07, 6.45) is 3.58. The molecule has 0 heterocycles. The van der Waals surface area contributed by atoms with E-state index in [0.717, 1.165) is 12.8 Å². The van der Waals surface area contributed by atoms with Gasteiger partial charge in [0.2, 0.25) is 0 Å². The van der Waals surface area contributed by atoms with Crippen LogP contribution in [0.25, 0.3) is 0 Å².